The molecule has 1 N–H and O–H groups in total. The summed E-state index contributed by atoms with van der Waals surface area (Å²) in [4.78, 5) is 40.1. The van der Waals surface area contributed by atoms with Crippen LogP contribution in [0.3, 0.4) is 0 Å². The zero-order chi connectivity index (χ0) is 24.2. The monoisotopic (exact) mass is 508 g/mol. The second-order valence-electron chi connectivity index (χ2n) is 7.34. The van der Waals surface area contributed by atoms with Crippen LogP contribution in [0.25, 0.3) is 12.2 Å². The molecule has 0 unspecified atom stereocenters. The van der Waals surface area contributed by atoms with Gasteiger partial charge in [-0.2, -0.15) is 0 Å². The molecule has 0 atom stereocenters. The number of Topliss-reactive ketones (excluding diaryl/α,β-unsaturated/α-hetero) is 1. The number of H-pyrrole nitrogens is 1. The fraction of sp³-hybridized carbons (Fsp3) is 0.0400. The van der Waals surface area contributed by atoms with E-state index in [2.05, 4.69) is 4.98 Å². The van der Waals surface area contributed by atoms with Crippen molar-refractivity contribution in [1.82, 2.24) is 4.98 Å². The van der Waals surface area contributed by atoms with Crippen LogP contribution in [0.2, 0.25) is 5.02 Å². The summed E-state index contributed by atoms with van der Waals surface area (Å²) in [6.45, 7) is 1.98. The quantitative estimate of drug-likeness (QED) is 0.226. The maximum Gasteiger partial charge on any atom is 0.283 e. The number of nitrogens with one attached hydrogen (secondary N) is 1. The second kappa shape index (κ2) is 10.2. The maximum absolute atomic E-state index is 12.4. The van der Waals surface area contributed by atoms with E-state index in [1.807, 2.05) is 31.2 Å². The highest BCUT2D eigenvalue weighted by Crippen LogP contribution is 2.35. The van der Waals surface area contributed by atoms with Gasteiger partial charge in [0.25, 0.3) is 11.2 Å². The lowest BCUT2D eigenvalue weighted by atomic mass is 10.1. The molecule has 170 valence electrons. The number of carbonyl (C=O) groups is 1. The first-order valence-corrected chi connectivity index (χ1v) is 12.0. The van der Waals surface area contributed by atoms with Gasteiger partial charge in [-0.05, 0) is 61.0 Å². The predicted molar refractivity (Wildman–Crippen MR) is 136 cm³/mol. The van der Waals surface area contributed by atoms with E-state index in [1.165, 1.54) is 23.9 Å². The number of aryl methyl sites for hydroxylation is 1. The number of benzene rings is 3. The van der Waals surface area contributed by atoms with Crippen molar-refractivity contribution >= 4 is 58.3 Å². The Labute approximate surface area is 207 Å². The van der Waals surface area contributed by atoms with Gasteiger partial charge in [0.15, 0.2) is 5.78 Å². The van der Waals surface area contributed by atoms with Crippen molar-refractivity contribution in [2.45, 2.75) is 16.7 Å². The summed E-state index contributed by atoms with van der Waals surface area (Å²) in [5.41, 5.74) is 1.65. The summed E-state index contributed by atoms with van der Waals surface area (Å²) in [6.07, 6.45) is 2.91. The van der Waals surface area contributed by atoms with Crippen molar-refractivity contribution in [3.05, 3.63) is 118 Å². The highest BCUT2D eigenvalue weighted by molar-refractivity contribution is 7.99. The Bertz CT molecular complexity index is 1560. The summed E-state index contributed by atoms with van der Waals surface area (Å²) >= 11 is 8.26. The Morgan fingerprint density at radius 3 is 2.47 bits per heavy atom. The van der Waals surface area contributed by atoms with Gasteiger partial charge in [-0.15, -0.1) is 11.3 Å². The van der Waals surface area contributed by atoms with Crippen molar-refractivity contribution < 1.29 is 9.72 Å². The molecule has 0 amide bonds. The summed E-state index contributed by atoms with van der Waals surface area (Å²) in [6, 6.07) is 19.0. The normalized spacial score (nSPS) is 12.2. The molecule has 6 nitrogen and oxygen atoms in total. The van der Waals surface area contributed by atoms with E-state index < -0.39 is 4.92 Å². The first-order valence-electron chi connectivity index (χ1n) is 10.0. The van der Waals surface area contributed by atoms with Crippen LogP contribution in [0.5, 0.6) is 0 Å². The summed E-state index contributed by atoms with van der Waals surface area (Å²) in [5.74, 6) is -0.270. The number of aromatic amines is 1. The average molecular weight is 509 g/mol. The van der Waals surface area contributed by atoms with Crippen LogP contribution in [-0.2, 0) is 0 Å². The third-order valence-electron chi connectivity index (χ3n) is 4.80. The Morgan fingerprint density at radius 1 is 1.09 bits per heavy atom. The molecule has 4 aromatic rings. The highest BCUT2D eigenvalue weighted by atomic mass is 35.5. The van der Waals surface area contributed by atoms with Gasteiger partial charge in [0, 0.05) is 27.6 Å². The van der Waals surface area contributed by atoms with Crippen molar-refractivity contribution in [3.63, 3.8) is 0 Å². The van der Waals surface area contributed by atoms with Crippen molar-refractivity contribution in [1.29, 1.82) is 0 Å². The fourth-order valence-corrected chi connectivity index (χ4v) is 4.99. The lowest BCUT2D eigenvalue weighted by Gasteiger charge is -2.04. The number of thiazole rings is 1. The fourth-order valence-electron chi connectivity index (χ4n) is 3.08. The number of aromatic nitrogens is 1. The Hall–Kier alpha value is -3.46. The largest absolute Gasteiger partial charge is 0.313 e. The van der Waals surface area contributed by atoms with E-state index in [-0.39, 0.29) is 17.0 Å². The third-order valence-corrected chi connectivity index (χ3v) is 7.09. The molecular weight excluding hydrogens is 492 g/mol. The van der Waals surface area contributed by atoms with Gasteiger partial charge in [0.2, 0.25) is 0 Å². The molecule has 0 aliphatic rings. The first-order chi connectivity index (χ1) is 16.3. The average Bonchev–Trinajstić information content (AvgIpc) is 3.14. The van der Waals surface area contributed by atoms with Gasteiger partial charge in [0.05, 0.1) is 19.0 Å². The minimum absolute atomic E-state index is 0.0444. The molecule has 0 aliphatic carbocycles. The second-order valence-corrected chi connectivity index (χ2v) is 9.98. The topological polar surface area (TPSA) is 93.1 Å². The van der Waals surface area contributed by atoms with Crippen LogP contribution in [-0.4, -0.2) is 15.7 Å². The predicted octanol–water partition coefficient (Wildman–Crippen LogP) is 4.95. The minimum Gasteiger partial charge on any atom is -0.313 e. The lowest BCUT2D eigenvalue weighted by Crippen LogP contribution is -2.20. The zero-order valence-electron chi connectivity index (χ0n) is 17.8. The summed E-state index contributed by atoms with van der Waals surface area (Å²) in [5, 5.41) is 12.2. The number of rotatable bonds is 6. The molecule has 1 aromatic heterocycles. The maximum atomic E-state index is 12.4. The van der Waals surface area contributed by atoms with Gasteiger partial charge < -0.3 is 4.98 Å². The van der Waals surface area contributed by atoms with Gasteiger partial charge in [-0.25, -0.2) is 0 Å². The van der Waals surface area contributed by atoms with Crippen LogP contribution >= 0.6 is 34.7 Å². The van der Waals surface area contributed by atoms with E-state index >= 15 is 0 Å². The molecular formula is C25H17ClN2O4S2. The minimum atomic E-state index is -0.434. The summed E-state index contributed by atoms with van der Waals surface area (Å²) in [7, 11) is 0. The van der Waals surface area contributed by atoms with Gasteiger partial charge in [-0.3, -0.25) is 19.7 Å². The van der Waals surface area contributed by atoms with Crippen LogP contribution in [0.15, 0.2) is 81.3 Å². The smallest absolute Gasteiger partial charge is 0.283 e. The number of nitrogens with zero attached hydrogens (tertiary/aromatic N) is 1. The van der Waals surface area contributed by atoms with E-state index in [1.54, 1.807) is 42.5 Å². The lowest BCUT2D eigenvalue weighted by molar-refractivity contribution is -0.387. The van der Waals surface area contributed by atoms with Crippen LogP contribution in [0, 0.1) is 17.0 Å². The molecule has 0 bridgehead atoms. The van der Waals surface area contributed by atoms with Crippen LogP contribution in [0.4, 0.5) is 5.69 Å². The molecule has 0 aliphatic heterocycles. The van der Waals surface area contributed by atoms with Crippen molar-refractivity contribution in [3.8, 4) is 0 Å². The van der Waals surface area contributed by atoms with Gasteiger partial charge >= 0.3 is 0 Å². The Kier molecular flexibility index (Phi) is 7.12. The number of nitro benzene ring substituents is 1. The molecule has 4 rings (SSSR count). The SMILES string of the molecule is Cc1ccc(Sc2ccc(C=c3sc(=CC(=O)c4ccc(Cl)cc4)[nH]c3=O)cc2[N+](=O)[O-])cc1. The molecule has 9 heteroatoms. The Morgan fingerprint density at radius 2 is 1.79 bits per heavy atom. The molecule has 0 fully saturated rings. The van der Waals surface area contributed by atoms with Crippen molar-refractivity contribution in [2.24, 2.45) is 0 Å². The number of nitro groups is 1. The van der Waals surface area contributed by atoms with Gasteiger partial charge in [0.1, 0.15) is 0 Å². The van der Waals surface area contributed by atoms with Crippen LogP contribution < -0.4 is 14.8 Å². The van der Waals surface area contributed by atoms with E-state index in [0.29, 0.717) is 30.2 Å². The standard InChI is InChI=1S/C25H17ClN2O4S2/c1-15-2-9-19(10-3-15)33-22-11-4-16(12-20(22)28(31)32)13-23-25(30)27-24(34-23)14-21(29)17-5-7-18(26)8-6-17/h2-14H,1H3,(H,27,30). The number of hydrogen-bond acceptors (Lipinski definition) is 6. The van der Waals surface area contributed by atoms with Crippen molar-refractivity contribution in [2.75, 3.05) is 0 Å². The highest BCUT2D eigenvalue weighted by Gasteiger charge is 2.15. The molecule has 0 saturated carbocycles. The summed E-state index contributed by atoms with van der Waals surface area (Å²) < 4.78 is 0.723. The molecule has 3 aromatic carbocycles. The number of halogens is 1. The third kappa shape index (κ3) is 5.72. The molecule has 34 heavy (non-hydrogen) atoms. The zero-order valence-corrected chi connectivity index (χ0v) is 20.2. The number of ketones is 1. The van der Waals surface area contributed by atoms with E-state index in [9.17, 15) is 19.7 Å². The van der Waals surface area contributed by atoms with E-state index in [4.69, 9.17) is 11.6 Å². The number of hydrogen-bond donors (Lipinski definition) is 1. The molecule has 0 radical (unpaired) electrons. The first kappa shape index (κ1) is 23.7. The van der Waals surface area contributed by atoms with E-state index in [0.717, 1.165) is 21.8 Å². The molecule has 1 heterocycles. The molecule has 0 spiro atoms. The molecule has 0 saturated heterocycles. The number of carbonyl (C=O) groups excluding carboxylic acids is 1. The van der Waals surface area contributed by atoms with Crippen LogP contribution in [0.1, 0.15) is 21.5 Å². The Balaban J connectivity index is 1.65. The van der Waals surface area contributed by atoms with Gasteiger partial charge in [-0.1, -0.05) is 47.1 Å².